The predicted molar refractivity (Wildman–Crippen MR) is 72.6 cm³/mol. The van der Waals surface area contributed by atoms with Crippen LogP contribution in [0.1, 0.15) is 16.8 Å². The topological polar surface area (TPSA) is 47.0 Å². The Hall–Kier alpha value is -2.31. The number of rotatable bonds is 3. The van der Waals surface area contributed by atoms with E-state index in [1.807, 2.05) is 19.1 Å². The van der Waals surface area contributed by atoms with E-state index in [-0.39, 0.29) is 11.8 Å². The van der Waals surface area contributed by atoms with Crippen molar-refractivity contribution < 1.29 is 17.9 Å². The molecule has 112 valence electrons. The van der Waals surface area contributed by atoms with E-state index in [1.54, 1.807) is 13.0 Å². The molecule has 1 aromatic heterocycles. The van der Waals surface area contributed by atoms with Gasteiger partial charge in [0.05, 0.1) is 0 Å². The molecule has 0 saturated carbocycles. The summed E-state index contributed by atoms with van der Waals surface area (Å²) in [5.74, 6) is 0.157. The molecule has 21 heavy (non-hydrogen) atoms. The van der Waals surface area contributed by atoms with Crippen LogP contribution >= 0.6 is 0 Å². The maximum absolute atomic E-state index is 12.8. The predicted octanol–water partition coefficient (Wildman–Crippen LogP) is 3.95. The van der Waals surface area contributed by atoms with Gasteiger partial charge in [-0.1, -0.05) is 12.1 Å². The molecule has 0 aliphatic rings. The normalized spacial score (nSPS) is 11.3. The fraction of sp³-hybridized carbons (Fsp3) is 0.286. The van der Waals surface area contributed by atoms with E-state index in [0.29, 0.717) is 5.75 Å². The minimum absolute atomic E-state index is 0.148. The number of hydrogen-bond acceptors (Lipinski definition) is 4. The van der Waals surface area contributed by atoms with Crippen molar-refractivity contribution >= 4 is 5.95 Å². The highest BCUT2D eigenvalue weighted by Gasteiger charge is 2.34. The highest BCUT2D eigenvalue weighted by atomic mass is 19.4. The molecule has 1 aromatic carbocycles. The average molecular weight is 297 g/mol. The maximum Gasteiger partial charge on any atom is 0.433 e. The average Bonchev–Trinajstić information content (AvgIpc) is 2.41. The lowest BCUT2D eigenvalue weighted by molar-refractivity contribution is -0.141. The van der Waals surface area contributed by atoms with Crippen LogP contribution < -0.4 is 10.1 Å². The first-order chi connectivity index (χ1) is 9.79. The molecule has 0 fully saturated rings. The standard InChI is InChI=1S/C14H14F3N3O/c1-8-4-5-9(2)10(6-8)21-12-7-11(14(15,16)17)19-13(18-3)20-12/h4-7H,1-3H3,(H,18,19,20). The molecule has 0 spiro atoms. The number of anilines is 1. The van der Waals surface area contributed by atoms with Crippen molar-refractivity contribution in [3.63, 3.8) is 0 Å². The minimum atomic E-state index is -4.56. The fourth-order valence-electron chi connectivity index (χ4n) is 1.66. The number of benzene rings is 1. The monoisotopic (exact) mass is 297 g/mol. The lowest BCUT2D eigenvalue weighted by Gasteiger charge is -2.12. The highest BCUT2D eigenvalue weighted by molar-refractivity contribution is 5.40. The first-order valence-corrected chi connectivity index (χ1v) is 6.19. The molecular formula is C14H14F3N3O. The molecule has 2 aromatic rings. The summed E-state index contributed by atoms with van der Waals surface area (Å²) in [5.41, 5.74) is 0.690. The van der Waals surface area contributed by atoms with Crippen LogP contribution in [0, 0.1) is 13.8 Å². The van der Waals surface area contributed by atoms with E-state index >= 15 is 0 Å². The number of aromatic nitrogens is 2. The van der Waals surface area contributed by atoms with E-state index in [2.05, 4.69) is 15.3 Å². The summed E-state index contributed by atoms with van der Waals surface area (Å²) in [6.45, 7) is 3.67. The van der Waals surface area contributed by atoms with Gasteiger partial charge in [0.25, 0.3) is 0 Å². The first kappa shape index (κ1) is 15.1. The Bertz CT molecular complexity index is 656. The third kappa shape index (κ3) is 3.62. The van der Waals surface area contributed by atoms with E-state index in [9.17, 15) is 13.2 Å². The summed E-state index contributed by atoms with van der Waals surface area (Å²) in [6, 6.07) is 6.24. The van der Waals surface area contributed by atoms with Crippen LogP contribution in [0.2, 0.25) is 0 Å². The van der Waals surface area contributed by atoms with Crippen LogP contribution in [0.15, 0.2) is 24.3 Å². The van der Waals surface area contributed by atoms with Crippen molar-refractivity contribution in [1.29, 1.82) is 0 Å². The SMILES string of the molecule is CNc1nc(Oc2cc(C)ccc2C)cc(C(F)(F)F)n1. The number of hydrogen-bond donors (Lipinski definition) is 1. The third-order valence-corrected chi connectivity index (χ3v) is 2.77. The molecule has 0 aliphatic carbocycles. The van der Waals surface area contributed by atoms with Crippen molar-refractivity contribution in [1.82, 2.24) is 9.97 Å². The first-order valence-electron chi connectivity index (χ1n) is 6.19. The Morgan fingerprint density at radius 3 is 2.43 bits per heavy atom. The van der Waals surface area contributed by atoms with Crippen LogP contribution in [0.3, 0.4) is 0 Å². The van der Waals surface area contributed by atoms with Crippen LogP contribution in [-0.2, 0) is 6.18 Å². The second-order valence-corrected chi connectivity index (χ2v) is 4.53. The van der Waals surface area contributed by atoms with Gasteiger partial charge in [0, 0.05) is 13.1 Å². The number of nitrogens with one attached hydrogen (secondary N) is 1. The van der Waals surface area contributed by atoms with Gasteiger partial charge in [-0.05, 0) is 31.0 Å². The van der Waals surface area contributed by atoms with Crippen molar-refractivity contribution in [2.45, 2.75) is 20.0 Å². The van der Waals surface area contributed by atoms with Crippen LogP contribution in [0.4, 0.5) is 19.1 Å². The Morgan fingerprint density at radius 2 is 1.81 bits per heavy atom. The zero-order valence-corrected chi connectivity index (χ0v) is 11.7. The molecule has 1 heterocycles. The van der Waals surface area contributed by atoms with Gasteiger partial charge in [-0.25, -0.2) is 4.98 Å². The van der Waals surface area contributed by atoms with E-state index in [1.165, 1.54) is 7.05 Å². The zero-order valence-electron chi connectivity index (χ0n) is 11.7. The summed E-state index contributed by atoms with van der Waals surface area (Å²) in [5, 5.41) is 2.49. The van der Waals surface area contributed by atoms with E-state index < -0.39 is 11.9 Å². The lowest BCUT2D eigenvalue weighted by atomic mass is 10.1. The van der Waals surface area contributed by atoms with E-state index in [0.717, 1.165) is 17.2 Å². The molecule has 0 aliphatic heterocycles. The van der Waals surface area contributed by atoms with Crippen LogP contribution in [0.25, 0.3) is 0 Å². The molecule has 0 unspecified atom stereocenters. The van der Waals surface area contributed by atoms with Crippen LogP contribution in [-0.4, -0.2) is 17.0 Å². The lowest BCUT2D eigenvalue weighted by Crippen LogP contribution is -2.11. The van der Waals surface area contributed by atoms with Gasteiger partial charge in [-0.3, -0.25) is 0 Å². The molecule has 0 atom stereocenters. The number of aryl methyl sites for hydroxylation is 2. The molecule has 0 bridgehead atoms. The largest absolute Gasteiger partial charge is 0.439 e. The van der Waals surface area contributed by atoms with Crippen LogP contribution in [0.5, 0.6) is 11.6 Å². The summed E-state index contributed by atoms with van der Waals surface area (Å²) in [7, 11) is 1.44. The summed E-state index contributed by atoms with van der Waals surface area (Å²) < 4.78 is 43.9. The van der Waals surface area contributed by atoms with Crippen molar-refractivity contribution in [2.24, 2.45) is 0 Å². The van der Waals surface area contributed by atoms with Gasteiger partial charge in [0.1, 0.15) is 5.75 Å². The zero-order chi connectivity index (χ0) is 15.6. The molecule has 2 rings (SSSR count). The van der Waals surface area contributed by atoms with Gasteiger partial charge < -0.3 is 10.1 Å². The van der Waals surface area contributed by atoms with Gasteiger partial charge in [0.15, 0.2) is 5.69 Å². The van der Waals surface area contributed by atoms with Gasteiger partial charge >= 0.3 is 6.18 Å². The highest BCUT2D eigenvalue weighted by Crippen LogP contribution is 2.32. The molecule has 4 nitrogen and oxygen atoms in total. The Kier molecular flexibility index (Phi) is 4.02. The van der Waals surface area contributed by atoms with E-state index in [4.69, 9.17) is 4.74 Å². The van der Waals surface area contributed by atoms with Gasteiger partial charge in [-0.2, -0.15) is 18.2 Å². The molecule has 7 heteroatoms. The second kappa shape index (κ2) is 5.59. The number of ether oxygens (including phenoxy) is 1. The Morgan fingerprint density at radius 1 is 1.10 bits per heavy atom. The van der Waals surface area contributed by atoms with Gasteiger partial charge in [0.2, 0.25) is 11.8 Å². The second-order valence-electron chi connectivity index (χ2n) is 4.53. The van der Waals surface area contributed by atoms with Crippen molar-refractivity contribution in [3.05, 3.63) is 41.1 Å². The molecule has 0 amide bonds. The molecule has 0 radical (unpaired) electrons. The fourth-order valence-corrected chi connectivity index (χ4v) is 1.66. The summed E-state index contributed by atoms with van der Waals surface area (Å²) in [6.07, 6.45) is -4.56. The summed E-state index contributed by atoms with van der Waals surface area (Å²) >= 11 is 0. The smallest absolute Gasteiger partial charge is 0.433 e. The van der Waals surface area contributed by atoms with Crippen molar-refractivity contribution in [3.8, 4) is 11.6 Å². The maximum atomic E-state index is 12.8. The number of nitrogens with zero attached hydrogens (tertiary/aromatic N) is 2. The molecule has 1 N–H and O–H groups in total. The molecular weight excluding hydrogens is 283 g/mol. The van der Waals surface area contributed by atoms with Gasteiger partial charge in [-0.15, -0.1) is 0 Å². The number of halogens is 3. The third-order valence-electron chi connectivity index (χ3n) is 2.77. The summed E-state index contributed by atoms with van der Waals surface area (Å²) in [4.78, 5) is 7.26. The van der Waals surface area contributed by atoms with Crippen molar-refractivity contribution in [2.75, 3.05) is 12.4 Å². The Labute approximate surface area is 120 Å². The Balaban J connectivity index is 2.42. The molecule has 0 saturated heterocycles. The quantitative estimate of drug-likeness (QED) is 0.932. The minimum Gasteiger partial charge on any atom is -0.439 e. The number of alkyl halides is 3.